The fourth-order valence-electron chi connectivity index (χ4n) is 3.36. The number of ketones is 1. The third-order valence-electron chi connectivity index (χ3n) is 4.87. The van der Waals surface area contributed by atoms with Crippen molar-refractivity contribution in [2.45, 2.75) is 4.90 Å². The van der Waals surface area contributed by atoms with Crippen molar-refractivity contribution in [3.8, 4) is 0 Å². The molecule has 156 valence electrons. The van der Waals surface area contributed by atoms with Crippen molar-refractivity contribution in [1.29, 1.82) is 0 Å². The molecule has 1 amide bonds. The van der Waals surface area contributed by atoms with E-state index in [9.17, 15) is 22.8 Å². The Kier molecular flexibility index (Phi) is 5.39. The standard InChI is InChI=1S/C23H17NO6S/c25-21(16-8-2-1-3-9-16)17-10-4-5-11-18(17)23(27)30-15-14-24-22(26)19-12-6-7-13-20(19)31(24,28)29/h1-13H,14-15H2. The molecule has 0 spiro atoms. The molecule has 0 saturated heterocycles. The van der Waals surface area contributed by atoms with E-state index in [0.717, 1.165) is 0 Å². The molecule has 0 unspecified atom stereocenters. The molecule has 7 nitrogen and oxygen atoms in total. The molecule has 31 heavy (non-hydrogen) atoms. The molecule has 1 aliphatic rings. The van der Waals surface area contributed by atoms with Crippen LogP contribution in [0.25, 0.3) is 0 Å². The van der Waals surface area contributed by atoms with Gasteiger partial charge in [-0.15, -0.1) is 0 Å². The van der Waals surface area contributed by atoms with Crippen molar-refractivity contribution in [2.24, 2.45) is 0 Å². The normalized spacial score (nSPS) is 14.2. The van der Waals surface area contributed by atoms with Crippen LogP contribution >= 0.6 is 0 Å². The lowest BCUT2D eigenvalue weighted by Crippen LogP contribution is -2.33. The average molecular weight is 435 g/mol. The number of ether oxygens (including phenoxy) is 1. The van der Waals surface area contributed by atoms with Crippen LogP contribution in [0.15, 0.2) is 83.8 Å². The first-order chi connectivity index (χ1) is 14.9. The van der Waals surface area contributed by atoms with Crippen LogP contribution in [-0.2, 0) is 14.8 Å². The van der Waals surface area contributed by atoms with E-state index in [2.05, 4.69) is 0 Å². The van der Waals surface area contributed by atoms with Gasteiger partial charge in [-0.25, -0.2) is 17.5 Å². The molecule has 0 radical (unpaired) electrons. The zero-order valence-corrected chi connectivity index (χ0v) is 17.0. The Morgan fingerprint density at radius 2 is 1.42 bits per heavy atom. The predicted molar refractivity (Wildman–Crippen MR) is 111 cm³/mol. The summed E-state index contributed by atoms with van der Waals surface area (Å²) in [6, 6.07) is 20.7. The third-order valence-corrected chi connectivity index (χ3v) is 6.71. The Balaban J connectivity index is 1.48. The summed E-state index contributed by atoms with van der Waals surface area (Å²) in [6.07, 6.45) is 0. The second-order valence-corrected chi connectivity index (χ2v) is 8.59. The number of sulfonamides is 1. The number of amides is 1. The van der Waals surface area contributed by atoms with Gasteiger partial charge in [0.2, 0.25) is 0 Å². The number of hydrogen-bond donors (Lipinski definition) is 0. The van der Waals surface area contributed by atoms with Gasteiger partial charge in [-0.3, -0.25) is 9.59 Å². The van der Waals surface area contributed by atoms with Gasteiger partial charge in [0.1, 0.15) is 11.5 Å². The van der Waals surface area contributed by atoms with Crippen LogP contribution in [0.1, 0.15) is 36.6 Å². The summed E-state index contributed by atoms with van der Waals surface area (Å²) >= 11 is 0. The Morgan fingerprint density at radius 3 is 2.13 bits per heavy atom. The van der Waals surface area contributed by atoms with Crippen LogP contribution in [0.3, 0.4) is 0 Å². The minimum Gasteiger partial charge on any atom is -0.460 e. The summed E-state index contributed by atoms with van der Waals surface area (Å²) in [7, 11) is -3.98. The Morgan fingerprint density at radius 1 is 0.806 bits per heavy atom. The average Bonchev–Trinajstić information content (AvgIpc) is 2.99. The van der Waals surface area contributed by atoms with E-state index in [-0.39, 0.29) is 40.5 Å². The third kappa shape index (κ3) is 3.73. The van der Waals surface area contributed by atoms with Crippen molar-refractivity contribution in [2.75, 3.05) is 13.2 Å². The highest BCUT2D eigenvalue weighted by atomic mass is 32.2. The summed E-state index contributed by atoms with van der Waals surface area (Å²) < 4.78 is 31.0. The van der Waals surface area contributed by atoms with Crippen LogP contribution in [-0.4, -0.2) is 43.5 Å². The van der Waals surface area contributed by atoms with E-state index in [1.54, 1.807) is 48.5 Å². The van der Waals surface area contributed by atoms with Crippen molar-refractivity contribution in [3.05, 3.63) is 101 Å². The lowest BCUT2D eigenvalue weighted by Gasteiger charge is -2.15. The summed E-state index contributed by atoms with van der Waals surface area (Å²) in [6.45, 7) is -0.665. The molecule has 0 aromatic heterocycles. The van der Waals surface area contributed by atoms with E-state index in [1.165, 1.54) is 30.3 Å². The van der Waals surface area contributed by atoms with Gasteiger partial charge < -0.3 is 4.74 Å². The topological polar surface area (TPSA) is 97.8 Å². The highest BCUT2D eigenvalue weighted by Gasteiger charge is 2.40. The molecule has 4 rings (SSSR count). The van der Waals surface area contributed by atoms with Crippen LogP contribution in [0.4, 0.5) is 0 Å². The van der Waals surface area contributed by atoms with Crippen molar-refractivity contribution in [3.63, 3.8) is 0 Å². The maximum atomic E-state index is 12.8. The number of esters is 1. The number of nitrogens with zero attached hydrogens (tertiary/aromatic N) is 1. The fraction of sp³-hybridized carbons (Fsp3) is 0.0870. The Hall–Kier alpha value is -3.78. The highest BCUT2D eigenvalue weighted by Crippen LogP contribution is 2.29. The quantitative estimate of drug-likeness (QED) is 0.436. The van der Waals surface area contributed by atoms with Gasteiger partial charge in [0.05, 0.1) is 17.7 Å². The molecule has 0 N–H and O–H groups in total. The van der Waals surface area contributed by atoms with Gasteiger partial charge in [-0.05, 0) is 18.2 Å². The maximum Gasteiger partial charge on any atom is 0.338 e. The maximum absolute atomic E-state index is 12.8. The van der Waals surface area contributed by atoms with Gasteiger partial charge in [-0.2, -0.15) is 0 Å². The zero-order valence-electron chi connectivity index (χ0n) is 16.2. The first-order valence-electron chi connectivity index (χ1n) is 9.43. The number of rotatable bonds is 6. The van der Waals surface area contributed by atoms with Crippen LogP contribution in [0.5, 0.6) is 0 Å². The Bertz CT molecular complexity index is 1280. The molecule has 8 heteroatoms. The molecule has 0 atom stereocenters. The molecule has 3 aromatic rings. The van der Waals surface area contributed by atoms with Crippen molar-refractivity contribution in [1.82, 2.24) is 4.31 Å². The lowest BCUT2D eigenvalue weighted by molar-refractivity contribution is 0.0475. The SMILES string of the molecule is O=C(OCCN1C(=O)c2ccccc2S1(=O)=O)c1ccccc1C(=O)c1ccccc1. The van der Waals surface area contributed by atoms with E-state index >= 15 is 0 Å². The molecule has 1 aliphatic heterocycles. The minimum atomic E-state index is -3.98. The summed E-state index contributed by atoms with van der Waals surface area (Å²) in [5, 5.41) is 0. The number of carbonyl (C=O) groups is 3. The molecule has 0 aliphatic carbocycles. The van der Waals surface area contributed by atoms with Gasteiger partial charge in [0, 0.05) is 11.1 Å². The molecule has 0 saturated carbocycles. The van der Waals surface area contributed by atoms with Gasteiger partial charge in [0.25, 0.3) is 15.9 Å². The number of benzene rings is 3. The number of hydrogen-bond acceptors (Lipinski definition) is 6. The summed E-state index contributed by atoms with van der Waals surface area (Å²) in [5.41, 5.74) is 0.758. The second-order valence-electron chi connectivity index (χ2n) is 6.76. The van der Waals surface area contributed by atoms with E-state index in [0.29, 0.717) is 9.87 Å². The molecular formula is C23H17NO6S. The predicted octanol–water partition coefficient (Wildman–Crippen LogP) is 2.92. The first kappa shape index (κ1) is 20.5. The Labute approximate surface area is 178 Å². The van der Waals surface area contributed by atoms with E-state index in [4.69, 9.17) is 4.74 Å². The second kappa shape index (κ2) is 8.16. The lowest BCUT2D eigenvalue weighted by atomic mass is 9.98. The monoisotopic (exact) mass is 435 g/mol. The minimum absolute atomic E-state index is 0.0647. The van der Waals surface area contributed by atoms with Crippen molar-refractivity contribution < 1.29 is 27.5 Å². The van der Waals surface area contributed by atoms with E-state index < -0.39 is 21.9 Å². The molecule has 0 bridgehead atoms. The summed E-state index contributed by atoms with van der Waals surface area (Å²) in [4.78, 5) is 37.7. The van der Waals surface area contributed by atoms with Crippen LogP contribution < -0.4 is 0 Å². The number of fused-ring (bicyclic) bond motifs is 1. The zero-order chi connectivity index (χ0) is 22.0. The van der Waals surface area contributed by atoms with Crippen molar-refractivity contribution >= 4 is 27.7 Å². The van der Waals surface area contributed by atoms with Crippen LogP contribution in [0, 0.1) is 0 Å². The fourth-order valence-corrected chi connectivity index (χ4v) is 4.91. The number of carbonyl (C=O) groups excluding carboxylic acids is 3. The molecular weight excluding hydrogens is 418 g/mol. The van der Waals surface area contributed by atoms with Gasteiger partial charge >= 0.3 is 5.97 Å². The smallest absolute Gasteiger partial charge is 0.338 e. The molecule has 0 fully saturated rings. The van der Waals surface area contributed by atoms with Crippen LogP contribution in [0.2, 0.25) is 0 Å². The molecule has 3 aromatic carbocycles. The largest absolute Gasteiger partial charge is 0.460 e. The van der Waals surface area contributed by atoms with E-state index in [1.807, 2.05) is 0 Å². The summed E-state index contributed by atoms with van der Waals surface area (Å²) in [5.74, 6) is -1.77. The van der Waals surface area contributed by atoms with Gasteiger partial charge in [0.15, 0.2) is 5.78 Å². The van der Waals surface area contributed by atoms with Gasteiger partial charge in [-0.1, -0.05) is 60.7 Å². The molecule has 1 heterocycles. The first-order valence-corrected chi connectivity index (χ1v) is 10.9. The highest BCUT2D eigenvalue weighted by molar-refractivity contribution is 7.90.